The van der Waals surface area contributed by atoms with Crippen molar-refractivity contribution in [1.29, 1.82) is 0 Å². The highest BCUT2D eigenvalue weighted by atomic mass is 16.5. The molecule has 0 unspecified atom stereocenters. The summed E-state index contributed by atoms with van der Waals surface area (Å²) in [7, 11) is 3.64. The second-order valence-electron chi connectivity index (χ2n) is 7.37. The molecule has 4 heteroatoms. The fraction of sp³-hybridized carbons (Fsp3) is 0.348. The van der Waals surface area contributed by atoms with Crippen LogP contribution in [0.2, 0.25) is 0 Å². The maximum Gasteiger partial charge on any atom is 0.259 e. The third-order valence-corrected chi connectivity index (χ3v) is 5.16. The third kappa shape index (κ3) is 3.57. The summed E-state index contributed by atoms with van der Waals surface area (Å²) in [6.07, 6.45) is 3.01. The topological polar surface area (TPSA) is 43.3 Å². The van der Waals surface area contributed by atoms with Crippen LogP contribution in [0, 0.1) is 6.92 Å². The van der Waals surface area contributed by atoms with Crippen molar-refractivity contribution in [2.75, 3.05) is 12.4 Å². The van der Waals surface area contributed by atoms with Gasteiger partial charge in [-0.25, -0.2) is 0 Å². The monoisotopic (exact) mass is 364 g/mol. The third-order valence-electron chi connectivity index (χ3n) is 5.16. The largest absolute Gasteiger partial charge is 0.496 e. The van der Waals surface area contributed by atoms with E-state index in [0.717, 1.165) is 23.0 Å². The van der Waals surface area contributed by atoms with E-state index >= 15 is 0 Å². The van der Waals surface area contributed by atoms with Crippen LogP contribution in [0.5, 0.6) is 5.75 Å². The SMILES string of the molecule is CCc1cc(OC)c(C(=O)Nc2ccc3c(c2)c(C)cn3C)cc1C(C)C. The van der Waals surface area contributed by atoms with Crippen LogP contribution in [0.1, 0.15) is 53.7 Å². The molecule has 1 N–H and O–H groups in total. The highest BCUT2D eigenvalue weighted by molar-refractivity contribution is 6.07. The van der Waals surface area contributed by atoms with Gasteiger partial charge in [-0.1, -0.05) is 20.8 Å². The van der Waals surface area contributed by atoms with Gasteiger partial charge >= 0.3 is 0 Å². The van der Waals surface area contributed by atoms with Crippen LogP contribution < -0.4 is 10.1 Å². The number of hydrogen-bond donors (Lipinski definition) is 1. The van der Waals surface area contributed by atoms with Crippen LogP contribution >= 0.6 is 0 Å². The van der Waals surface area contributed by atoms with E-state index in [9.17, 15) is 4.79 Å². The quantitative estimate of drug-likeness (QED) is 0.656. The summed E-state index contributed by atoms with van der Waals surface area (Å²) >= 11 is 0. The molecule has 0 aliphatic carbocycles. The Hall–Kier alpha value is -2.75. The van der Waals surface area contributed by atoms with Gasteiger partial charge < -0.3 is 14.6 Å². The molecule has 0 spiro atoms. The average Bonchev–Trinajstić information content (AvgIpc) is 2.93. The second kappa shape index (κ2) is 7.47. The zero-order valence-electron chi connectivity index (χ0n) is 17.0. The first kappa shape index (κ1) is 19.0. The molecule has 0 aliphatic heterocycles. The molecule has 1 aromatic heterocycles. The first-order valence-corrected chi connectivity index (χ1v) is 9.43. The summed E-state index contributed by atoms with van der Waals surface area (Å²) in [6, 6.07) is 9.97. The summed E-state index contributed by atoms with van der Waals surface area (Å²) < 4.78 is 7.60. The van der Waals surface area contributed by atoms with Crippen LogP contribution in [0.25, 0.3) is 10.9 Å². The molecule has 3 aromatic rings. The van der Waals surface area contributed by atoms with Gasteiger partial charge in [0.05, 0.1) is 12.7 Å². The Labute approximate surface area is 161 Å². The predicted molar refractivity (Wildman–Crippen MR) is 112 cm³/mol. The van der Waals surface area contributed by atoms with Gasteiger partial charge in [0.15, 0.2) is 0 Å². The van der Waals surface area contributed by atoms with Crippen molar-refractivity contribution in [3.63, 3.8) is 0 Å². The van der Waals surface area contributed by atoms with Crippen LogP contribution in [0.3, 0.4) is 0 Å². The maximum atomic E-state index is 13.0. The number of fused-ring (bicyclic) bond motifs is 1. The van der Waals surface area contributed by atoms with Crippen molar-refractivity contribution in [3.05, 3.63) is 58.8 Å². The Morgan fingerprint density at radius 3 is 2.59 bits per heavy atom. The lowest BCUT2D eigenvalue weighted by atomic mass is 9.92. The second-order valence-corrected chi connectivity index (χ2v) is 7.37. The minimum Gasteiger partial charge on any atom is -0.496 e. The van der Waals surface area contributed by atoms with Crippen molar-refractivity contribution < 1.29 is 9.53 Å². The molecular weight excluding hydrogens is 336 g/mol. The zero-order valence-corrected chi connectivity index (χ0v) is 17.0. The van der Waals surface area contributed by atoms with Gasteiger partial charge in [0.2, 0.25) is 0 Å². The number of carbonyl (C=O) groups excluding carboxylic acids is 1. The lowest BCUT2D eigenvalue weighted by Gasteiger charge is -2.17. The minimum absolute atomic E-state index is 0.149. The molecular formula is C23H28N2O2. The molecule has 1 amide bonds. The molecule has 2 aromatic carbocycles. The van der Waals surface area contributed by atoms with E-state index < -0.39 is 0 Å². The molecule has 4 nitrogen and oxygen atoms in total. The number of aryl methyl sites for hydroxylation is 3. The molecule has 0 aliphatic rings. The number of nitrogens with zero attached hydrogens (tertiary/aromatic N) is 1. The van der Waals surface area contributed by atoms with Crippen LogP contribution in [0.4, 0.5) is 5.69 Å². The molecule has 142 valence electrons. The standard InChI is InChI=1S/C23H28N2O2/c1-7-16-10-22(27-6)20(12-18(16)14(2)3)23(26)24-17-8-9-21-19(11-17)15(4)13-25(21)5/h8-14H,7H2,1-6H3,(H,24,26). The summed E-state index contributed by atoms with van der Waals surface area (Å²) in [6.45, 7) is 8.50. The Bertz CT molecular complexity index is 999. The number of anilines is 1. The summed E-state index contributed by atoms with van der Waals surface area (Å²) in [4.78, 5) is 13.0. The maximum absolute atomic E-state index is 13.0. The normalized spacial score (nSPS) is 11.2. The molecule has 0 saturated carbocycles. The number of ether oxygens (including phenoxy) is 1. The number of amides is 1. The van der Waals surface area contributed by atoms with E-state index in [-0.39, 0.29) is 5.91 Å². The van der Waals surface area contributed by atoms with Gasteiger partial charge in [-0.3, -0.25) is 4.79 Å². The fourth-order valence-corrected chi connectivity index (χ4v) is 3.69. The van der Waals surface area contributed by atoms with Crippen molar-refractivity contribution in [2.45, 2.75) is 40.0 Å². The van der Waals surface area contributed by atoms with Gasteiger partial charge in [0.1, 0.15) is 5.75 Å². The number of methoxy groups -OCH3 is 1. The van der Waals surface area contributed by atoms with E-state index in [4.69, 9.17) is 4.74 Å². The van der Waals surface area contributed by atoms with E-state index in [2.05, 4.69) is 43.8 Å². The number of nitrogens with one attached hydrogen (secondary N) is 1. The van der Waals surface area contributed by atoms with Crippen molar-refractivity contribution >= 4 is 22.5 Å². The molecule has 27 heavy (non-hydrogen) atoms. The average molecular weight is 364 g/mol. The first-order valence-electron chi connectivity index (χ1n) is 9.43. The van der Waals surface area contributed by atoms with Crippen LogP contribution in [-0.2, 0) is 13.5 Å². The van der Waals surface area contributed by atoms with Crippen molar-refractivity contribution in [2.24, 2.45) is 7.05 Å². The number of benzene rings is 2. The highest BCUT2D eigenvalue weighted by Crippen LogP contribution is 2.30. The van der Waals surface area contributed by atoms with E-state index in [1.165, 1.54) is 16.7 Å². The Balaban J connectivity index is 1.98. The summed E-state index contributed by atoms with van der Waals surface area (Å²) in [5.74, 6) is 0.816. The lowest BCUT2D eigenvalue weighted by molar-refractivity contribution is 0.102. The summed E-state index contributed by atoms with van der Waals surface area (Å²) in [5.41, 5.74) is 6.11. The summed E-state index contributed by atoms with van der Waals surface area (Å²) in [5, 5.41) is 4.18. The Morgan fingerprint density at radius 1 is 1.22 bits per heavy atom. The number of hydrogen-bond acceptors (Lipinski definition) is 2. The first-order chi connectivity index (χ1) is 12.8. The Morgan fingerprint density at radius 2 is 1.96 bits per heavy atom. The molecule has 3 rings (SSSR count). The predicted octanol–water partition coefficient (Wildman–Crippen LogP) is 5.43. The van der Waals surface area contributed by atoms with E-state index in [1.54, 1.807) is 7.11 Å². The van der Waals surface area contributed by atoms with E-state index in [0.29, 0.717) is 17.2 Å². The highest BCUT2D eigenvalue weighted by Gasteiger charge is 2.18. The zero-order chi connectivity index (χ0) is 19.7. The van der Waals surface area contributed by atoms with Gasteiger partial charge in [0.25, 0.3) is 5.91 Å². The minimum atomic E-state index is -0.149. The molecule has 0 atom stereocenters. The smallest absolute Gasteiger partial charge is 0.259 e. The number of aromatic nitrogens is 1. The molecule has 0 bridgehead atoms. The van der Waals surface area contributed by atoms with E-state index in [1.807, 2.05) is 37.4 Å². The molecule has 0 radical (unpaired) electrons. The number of carbonyl (C=O) groups is 1. The van der Waals surface area contributed by atoms with Gasteiger partial charge in [-0.05, 0) is 66.3 Å². The van der Waals surface area contributed by atoms with Gasteiger partial charge in [-0.2, -0.15) is 0 Å². The van der Waals surface area contributed by atoms with Gasteiger partial charge in [-0.15, -0.1) is 0 Å². The Kier molecular flexibility index (Phi) is 5.26. The molecule has 0 saturated heterocycles. The van der Waals surface area contributed by atoms with Crippen LogP contribution in [0.15, 0.2) is 36.5 Å². The fourth-order valence-electron chi connectivity index (χ4n) is 3.69. The van der Waals surface area contributed by atoms with Crippen molar-refractivity contribution in [1.82, 2.24) is 4.57 Å². The lowest BCUT2D eigenvalue weighted by Crippen LogP contribution is -2.14. The molecule has 0 fully saturated rings. The number of rotatable bonds is 5. The van der Waals surface area contributed by atoms with Crippen molar-refractivity contribution in [3.8, 4) is 5.75 Å². The van der Waals surface area contributed by atoms with Gasteiger partial charge in [0, 0.05) is 29.8 Å². The molecule has 1 heterocycles. The van der Waals surface area contributed by atoms with Crippen LogP contribution in [-0.4, -0.2) is 17.6 Å².